The van der Waals surface area contributed by atoms with Crippen LogP contribution in [0.4, 0.5) is 10.6 Å². The molecule has 2 heterocycles. The smallest absolute Gasteiger partial charge is 0.410 e. The second-order valence-electron chi connectivity index (χ2n) is 9.56. The summed E-state index contributed by atoms with van der Waals surface area (Å²) in [6, 6.07) is 5.83. The van der Waals surface area contributed by atoms with E-state index < -0.39 is 5.60 Å². The molecule has 0 spiro atoms. The molecule has 7 heteroatoms. The standard InChI is InChI=1S/C22H28N4O3/c1-13-15(11-23)2-3-19(24-13)25-18-4-5-26(12-18)21(27)29-20-16-6-14-7-17(20)10-22(28,8-14)9-16/h2-3,14,16-18,20,28H,4-10,12H2,1H3,(H,24,25)/t14?,16?,17?,18-,20?,22?/m1/s1. The molecule has 0 radical (unpaired) electrons. The number of amides is 1. The highest BCUT2D eigenvalue weighted by atomic mass is 16.6. The molecule has 1 amide bonds. The van der Waals surface area contributed by atoms with Crippen LogP contribution >= 0.6 is 0 Å². The van der Waals surface area contributed by atoms with Gasteiger partial charge in [0.25, 0.3) is 0 Å². The first-order valence-corrected chi connectivity index (χ1v) is 10.7. The van der Waals surface area contributed by atoms with Crippen molar-refractivity contribution in [3.63, 3.8) is 0 Å². The number of hydrogen-bond donors (Lipinski definition) is 2. The van der Waals surface area contributed by atoms with E-state index in [1.54, 1.807) is 11.0 Å². The quantitative estimate of drug-likeness (QED) is 0.815. The van der Waals surface area contributed by atoms with E-state index in [4.69, 9.17) is 10.00 Å². The Morgan fingerprint density at radius 1 is 1.34 bits per heavy atom. The Hall–Kier alpha value is -2.33. The normalized spacial score (nSPS) is 37.4. The zero-order valence-corrected chi connectivity index (χ0v) is 16.8. The number of nitriles is 1. The Bertz CT molecular complexity index is 850. The second kappa shape index (κ2) is 6.88. The summed E-state index contributed by atoms with van der Waals surface area (Å²) in [5.74, 6) is 1.97. The van der Waals surface area contributed by atoms with Gasteiger partial charge in [0.05, 0.1) is 16.9 Å². The Labute approximate surface area is 171 Å². The minimum absolute atomic E-state index is 0.0332. The maximum absolute atomic E-state index is 12.8. The second-order valence-corrected chi connectivity index (χ2v) is 9.56. The van der Waals surface area contributed by atoms with Gasteiger partial charge in [-0.05, 0) is 75.3 Å². The molecule has 29 heavy (non-hydrogen) atoms. The van der Waals surface area contributed by atoms with Crippen LogP contribution in [0.5, 0.6) is 0 Å². The Morgan fingerprint density at radius 3 is 2.76 bits per heavy atom. The molecular formula is C22H28N4O3. The molecule has 4 aliphatic carbocycles. The monoisotopic (exact) mass is 396 g/mol. The van der Waals surface area contributed by atoms with Crippen LogP contribution in [0.25, 0.3) is 0 Å². The predicted molar refractivity (Wildman–Crippen MR) is 106 cm³/mol. The van der Waals surface area contributed by atoms with Gasteiger partial charge in [-0.2, -0.15) is 5.26 Å². The average molecular weight is 396 g/mol. The highest BCUT2D eigenvalue weighted by Crippen LogP contribution is 2.56. The molecule has 3 atom stereocenters. The zero-order valence-electron chi connectivity index (χ0n) is 16.8. The van der Waals surface area contributed by atoms with Crippen molar-refractivity contribution in [3.8, 4) is 6.07 Å². The summed E-state index contributed by atoms with van der Waals surface area (Å²) >= 11 is 0. The van der Waals surface area contributed by atoms with E-state index in [0.29, 0.717) is 42.1 Å². The number of pyridine rings is 1. The molecule has 1 aliphatic heterocycles. The van der Waals surface area contributed by atoms with Crippen molar-refractivity contribution in [3.05, 3.63) is 23.4 Å². The van der Waals surface area contributed by atoms with E-state index in [1.165, 1.54) is 0 Å². The van der Waals surface area contributed by atoms with Crippen molar-refractivity contribution in [2.24, 2.45) is 17.8 Å². The summed E-state index contributed by atoms with van der Waals surface area (Å²) < 4.78 is 6.00. The number of carbonyl (C=O) groups excluding carboxylic acids is 1. The number of anilines is 1. The van der Waals surface area contributed by atoms with Gasteiger partial charge in [-0.1, -0.05) is 0 Å². The number of nitrogens with one attached hydrogen (secondary N) is 1. The summed E-state index contributed by atoms with van der Waals surface area (Å²) in [6.45, 7) is 3.08. The maximum atomic E-state index is 12.8. The third-order valence-electron chi connectivity index (χ3n) is 7.40. The van der Waals surface area contributed by atoms with Crippen LogP contribution in [0.2, 0.25) is 0 Å². The molecule has 2 unspecified atom stereocenters. The summed E-state index contributed by atoms with van der Waals surface area (Å²) in [7, 11) is 0. The molecule has 0 aromatic carbocycles. The lowest BCUT2D eigenvalue weighted by Gasteiger charge is -2.57. The van der Waals surface area contributed by atoms with E-state index in [0.717, 1.165) is 44.3 Å². The number of rotatable bonds is 3. The number of carbonyl (C=O) groups is 1. The van der Waals surface area contributed by atoms with E-state index >= 15 is 0 Å². The topological polar surface area (TPSA) is 98.5 Å². The number of aliphatic hydroxyl groups is 1. The molecule has 1 aromatic heterocycles. The molecule has 7 nitrogen and oxygen atoms in total. The van der Waals surface area contributed by atoms with Gasteiger partial charge in [-0.15, -0.1) is 0 Å². The van der Waals surface area contributed by atoms with E-state index in [-0.39, 0.29) is 18.2 Å². The number of nitrogens with zero attached hydrogens (tertiary/aromatic N) is 3. The van der Waals surface area contributed by atoms with Crippen LogP contribution in [-0.4, -0.2) is 51.9 Å². The molecule has 5 aliphatic rings. The Morgan fingerprint density at radius 2 is 2.10 bits per heavy atom. The number of aromatic nitrogens is 1. The van der Waals surface area contributed by atoms with Gasteiger partial charge in [-0.25, -0.2) is 9.78 Å². The van der Waals surface area contributed by atoms with E-state index in [1.807, 2.05) is 13.0 Å². The molecule has 6 rings (SSSR count). The van der Waals surface area contributed by atoms with Crippen molar-refractivity contribution < 1.29 is 14.6 Å². The van der Waals surface area contributed by atoms with Crippen molar-refractivity contribution in [2.75, 3.05) is 18.4 Å². The number of hydrogen-bond acceptors (Lipinski definition) is 6. The van der Waals surface area contributed by atoms with Crippen LogP contribution in [0.3, 0.4) is 0 Å². The van der Waals surface area contributed by atoms with Crippen LogP contribution in [0, 0.1) is 36.0 Å². The summed E-state index contributed by atoms with van der Waals surface area (Å²) in [6.07, 6.45) is 5.27. The van der Waals surface area contributed by atoms with Gasteiger partial charge in [-0.3, -0.25) is 0 Å². The van der Waals surface area contributed by atoms with E-state index in [9.17, 15) is 9.90 Å². The number of aryl methyl sites for hydroxylation is 1. The van der Waals surface area contributed by atoms with Gasteiger partial charge in [0.1, 0.15) is 18.0 Å². The lowest BCUT2D eigenvalue weighted by Crippen LogP contribution is -2.58. The number of ether oxygens (including phenoxy) is 1. The number of likely N-dealkylation sites (tertiary alicyclic amines) is 1. The highest BCUT2D eigenvalue weighted by molar-refractivity contribution is 5.68. The summed E-state index contributed by atoms with van der Waals surface area (Å²) in [5.41, 5.74) is 0.775. The molecular weight excluding hydrogens is 368 g/mol. The van der Waals surface area contributed by atoms with Crippen molar-refractivity contribution >= 4 is 11.9 Å². The van der Waals surface area contributed by atoms with Crippen molar-refractivity contribution in [2.45, 2.75) is 63.2 Å². The molecule has 1 aromatic rings. The minimum atomic E-state index is -0.506. The molecule has 154 valence electrons. The minimum Gasteiger partial charge on any atom is -0.446 e. The molecule has 4 bridgehead atoms. The van der Waals surface area contributed by atoms with Gasteiger partial charge in [0, 0.05) is 19.1 Å². The van der Waals surface area contributed by atoms with Gasteiger partial charge >= 0.3 is 6.09 Å². The van der Waals surface area contributed by atoms with Crippen LogP contribution in [0.1, 0.15) is 49.8 Å². The highest BCUT2D eigenvalue weighted by Gasteiger charge is 2.56. The van der Waals surface area contributed by atoms with Crippen LogP contribution in [-0.2, 0) is 4.74 Å². The Balaban J connectivity index is 1.17. The van der Waals surface area contributed by atoms with Crippen LogP contribution < -0.4 is 5.32 Å². The average Bonchev–Trinajstić information content (AvgIpc) is 3.12. The molecule has 4 saturated carbocycles. The van der Waals surface area contributed by atoms with Gasteiger partial charge < -0.3 is 20.1 Å². The van der Waals surface area contributed by atoms with E-state index in [2.05, 4.69) is 16.4 Å². The third-order valence-corrected chi connectivity index (χ3v) is 7.40. The molecule has 2 N–H and O–H groups in total. The molecule has 5 fully saturated rings. The lowest BCUT2D eigenvalue weighted by molar-refractivity contribution is -0.177. The van der Waals surface area contributed by atoms with Gasteiger partial charge in [0.2, 0.25) is 0 Å². The largest absolute Gasteiger partial charge is 0.446 e. The SMILES string of the molecule is Cc1nc(N[C@@H]2CCN(C(=O)OC3C4CC5CC3CC(O)(C5)C4)C2)ccc1C#N. The summed E-state index contributed by atoms with van der Waals surface area (Å²) in [5, 5.41) is 23.1. The fourth-order valence-electron chi connectivity index (χ4n) is 6.33. The molecule has 1 saturated heterocycles. The lowest BCUT2D eigenvalue weighted by atomic mass is 9.53. The third kappa shape index (κ3) is 3.44. The first-order chi connectivity index (χ1) is 13.9. The van der Waals surface area contributed by atoms with Crippen molar-refractivity contribution in [1.82, 2.24) is 9.88 Å². The fraction of sp³-hybridized carbons (Fsp3) is 0.682. The fourth-order valence-corrected chi connectivity index (χ4v) is 6.33. The first-order valence-electron chi connectivity index (χ1n) is 10.7. The first kappa shape index (κ1) is 18.7. The Kier molecular flexibility index (Phi) is 4.43. The van der Waals surface area contributed by atoms with Gasteiger partial charge in [0.15, 0.2) is 0 Å². The van der Waals surface area contributed by atoms with Crippen LogP contribution in [0.15, 0.2) is 12.1 Å². The van der Waals surface area contributed by atoms with Crippen molar-refractivity contribution in [1.29, 1.82) is 5.26 Å². The maximum Gasteiger partial charge on any atom is 0.410 e. The zero-order chi connectivity index (χ0) is 20.2. The summed E-state index contributed by atoms with van der Waals surface area (Å²) in [4.78, 5) is 19.0. The predicted octanol–water partition coefficient (Wildman–Crippen LogP) is 2.82.